The normalized spacial score (nSPS) is 11.5. The van der Waals surface area contributed by atoms with E-state index in [1.165, 1.54) is 11.9 Å². The van der Waals surface area contributed by atoms with Crippen molar-refractivity contribution < 1.29 is 23.9 Å². The van der Waals surface area contributed by atoms with Gasteiger partial charge in [-0.3, -0.25) is 15.0 Å². The molecule has 278 valence electrons. The van der Waals surface area contributed by atoms with Crippen LogP contribution in [0.15, 0.2) is 85.1 Å². The zero-order valence-corrected chi connectivity index (χ0v) is 31.7. The van der Waals surface area contributed by atoms with Crippen molar-refractivity contribution in [3.8, 4) is 11.4 Å². The molecule has 0 fully saturated rings. The Morgan fingerprint density at radius 2 is 1.58 bits per heavy atom. The van der Waals surface area contributed by atoms with Crippen molar-refractivity contribution in [3.05, 3.63) is 102 Å². The zero-order valence-electron chi connectivity index (χ0n) is 31.7. The van der Waals surface area contributed by atoms with Crippen LogP contribution in [0.25, 0.3) is 16.5 Å². The van der Waals surface area contributed by atoms with Crippen molar-refractivity contribution in [2.75, 3.05) is 23.0 Å². The number of fused-ring (bicyclic) bond motifs is 1. The molecule has 5 aromatic rings. The predicted octanol–water partition coefficient (Wildman–Crippen LogP) is 8.88. The smallest absolute Gasteiger partial charge is 0.410 e. The quantitative estimate of drug-likeness (QED) is 0.117. The largest absolute Gasteiger partial charge is 0.488 e. The number of hydrogen-bond acceptors (Lipinski definition) is 7. The SMILES string of the molecule is CCCCc1cc(NC(=O)Nc2ccc(OCc3ccnc(NC(=O)C(C)(C)N(C)C(=O)OC(C)(C)C)c3)c3ccccc23)n(-c2ccc(C)cc2)n1. The van der Waals surface area contributed by atoms with Crippen LogP contribution in [0, 0.1) is 6.92 Å². The van der Waals surface area contributed by atoms with Crippen molar-refractivity contribution in [3.63, 3.8) is 0 Å². The number of unbranched alkanes of at least 4 members (excludes halogenated alkanes) is 1. The number of benzene rings is 3. The molecule has 0 saturated carbocycles. The number of pyridine rings is 1. The molecule has 3 aromatic carbocycles. The number of aromatic nitrogens is 3. The van der Waals surface area contributed by atoms with Gasteiger partial charge in [0.1, 0.15) is 35.1 Å². The molecule has 12 nitrogen and oxygen atoms in total. The predicted molar refractivity (Wildman–Crippen MR) is 209 cm³/mol. The van der Waals surface area contributed by atoms with Crippen LogP contribution in [-0.4, -0.2) is 55.9 Å². The Balaban J connectivity index is 1.27. The molecule has 3 N–H and O–H groups in total. The van der Waals surface area contributed by atoms with Gasteiger partial charge in [0, 0.05) is 30.1 Å². The summed E-state index contributed by atoms with van der Waals surface area (Å²) in [5.74, 6) is 1.09. The number of carbonyl (C=O) groups excluding carboxylic acids is 3. The van der Waals surface area contributed by atoms with E-state index < -0.39 is 29.2 Å². The van der Waals surface area contributed by atoms with Crippen molar-refractivity contribution in [1.29, 1.82) is 0 Å². The van der Waals surface area contributed by atoms with E-state index in [1.54, 1.807) is 57.6 Å². The third-order valence-electron chi connectivity index (χ3n) is 8.72. The van der Waals surface area contributed by atoms with Crippen LogP contribution in [0.1, 0.15) is 71.2 Å². The maximum atomic E-state index is 13.4. The lowest BCUT2D eigenvalue weighted by molar-refractivity contribution is -0.125. The lowest BCUT2D eigenvalue weighted by atomic mass is 10.0. The molecule has 12 heteroatoms. The highest BCUT2D eigenvalue weighted by Crippen LogP contribution is 2.33. The first kappa shape index (κ1) is 38.3. The average molecular weight is 720 g/mol. The van der Waals surface area contributed by atoms with Crippen LogP contribution in [0.4, 0.5) is 26.9 Å². The maximum absolute atomic E-state index is 13.4. The van der Waals surface area contributed by atoms with Gasteiger partial charge in [-0.15, -0.1) is 0 Å². The Kier molecular flexibility index (Phi) is 11.7. The van der Waals surface area contributed by atoms with Gasteiger partial charge in [-0.1, -0.05) is 55.3 Å². The van der Waals surface area contributed by atoms with Crippen LogP contribution in [0.3, 0.4) is 0 Å². The number of aryl methyl sites for hydroxylation is 2. The molecule has 0 unspecified atom stereocenters. The first-order valence-electron chi connectivity index (χ1n) is 17.8. The second kappa shape index (κ2) is 16.2. The van der Waals surface area contributed by atoms with Crippen LogP contribution in [-0.2, 0) is 22.6 Å². The molecular weight excluding hydrogens is 670 g/mol. The monoisotopic (exact) mass is 719 g/mol. The number of nitrogens with zero attached hydrogens (tertiary/aromatic N) is 4. The molecule has 0 spiro atoms. The Morgan fingerprint density at radius 3 is 2.28 bits per heavy atom. The molecule has 0 bridgehead atoms. The van der Waals surface area contributed by atoms with E-state index in [2.05, 4.69) is 27.9 Å². The molecule has 0 saturated heterocycles. The standard InChI is InChI=1S/C41H49N7O5/c1-9-10-13-29-25-36(48(46-29)30-18-16-27(2)17-19-30)45-38(50)43-33-20-21-34(32-15-12-11-14-31(32)33)52-26-28-22-23-42-35(24-28)44-37(49)41(6,7)47(8)39(51)53-40(3,4)5/h11-12,14-25H,9-10,13,26H2,1-8H3,(H,42,44,49)(H2,43,45,50). The van der Waals surface area contributed by atoms with Crippen LogP contribution in [0.5, 0.6) is 5.75 Å². The first-order chi connectivity index (χ1) is 25.1. The van der Waals surface area contributed by atoms with Gasteiger partial charge in [-0.25, -0.2) is 19.3 Å². The summed E-state index contributed by atoms with van der Waals surface area (Å²) >= 11 is 0. The maximum Gasteiger partial charge on any atom is 0.410 e. The molecular formula is C41H49N7O5. The number of carbonyl (C=O) groups is 3. The topological polar surface area (TPSA) is 140 Å². The Labute approximate surface area is 310 Å². The van der Waals surface area contributed by atoms with E-state index >= 15 is 0 Å². The third-order valence-corrected chi connectivity index (χ3v) is 8.72. The molecule has 0 aliphatic heterocycles. The summed E-state index contributed by atoms with van der Waals surface area (Å²) in [6.45, 7) is 12.9. The summed E-state index contributed by atoms with van der Waals surface area (Å²) in [6.07, 6.45) is 3.84. The Hall–Kier alpha value is -5.91. The highest BCUT2D eigenvalue weighted by Gasteiger charge is 2.37. The van der Waals surface area contributed by atoms with E-state index in [4.69, 9.17) is 14.6 Å². The molecule has 5 rings (SSSR count). The molecule has 2 heterocycles. The second-order valence-corrected chi connectivity index (χ2v) is 14.5. The van der Waals surface area contributed by atoms with E-state index in [9.17, 15) is 14.4 Å². The molecule has 4 amide bonds. The van der Waals surface area contributed by atoms with Gasteiger partial charge in [0.05, 0.1) is 17.1 Å². The minimum atomic E-state index is -1.22. The molecule has 0 atom stereocenters. The summed E-state index contributed by atoms with van der Waals surface area (Å²) < 4.78 is 13.5. The molecule has 0 aliphatic rings. The van der Waals surface area contributed by atoms with E-state index in [1.807, 2.05) is 73.7 Å². The van der Waals surface area contributed by atoms with Crippen LogP contribution < -0.4 is 20.7 Å². The number of ether oxygens (including phenoxy) is 2. The van der Waals surface area contributed by atoms with Gasteiger partial charge in [0.25, 0.3) is 5.91 Å². The fraction of sp³-hybridized carbons (Fsp3) is 0.341. The van der Waals surface area contributed by atoms with Crippen molar-refractivity contribution >= 4 is 46.1 Å². The van der Waals surface area contributed by atoms with Crippen molar-refractivity contribution in [2.45, 2.75) is 85.5 Å². The average Bonchev–Trinajstić information content (AvgIpc) is 3.51. The summed E-state index contributed by atoms with van der Waals surface area (Å²) in [6, 6.07) is 24.3. The second-order valence-electron chi connectivity index (χ2n) is 14.5. The third kappa shape index (κ3) is 9.70. The van der Waals surface area contributed by atoms with Gasteiger partial charge in [0.15, 0.2) is 0 Å². The highest BCUT2D eigenvalue weighted by atomic mass is 16.6. The molecule has 2 aromatic heterocycles. The first-order valence-corrected chi connectivity index (χ1v) is 17.8. The molecule has 53 heavy (non-hydrogen) atoms. The van der Waals surface area contributed by atoms with Gasteiger partial charge < -0.3 is 20.1 Å². The van der Waals surface area contributed by atoms with E-state index in [0.29, 0.717) is 23.1 Å². The van der Waals surface area contributed by atoms with E-state index in [-0.39, 0.29) is 6.61 Å². The molecule has 0 radical (unpaired) electrons. The lowest BCUT2D eigenvalue weighted by Gasteiger charge is -2.35. The lowest BCUT2D eigenvalue weighted by Crippen LogP contribution is -2.54. The fourth-order valence-electron chi connectivity index (χ4n) is 5.43. The number of rotatable bonds is 12. The summed E-state index contributed by atoms with van der Waals surface area (Å²) in [5.41, 5.74) is 2.37. The Morgan fingerprint density at radius 1 is 0.868 bits per heavy atom. The number of anilines is 3. The summed E-state index contributed by atoms with van der Waals surface area (Å²) in [4.78, 5) is 44.9. The Bertz CT molecular complexity index is 2080. The van der Waals surface area contributed by atoms with Crippen LogP contribution in [0.2, 0.25) is 0 Å². The van der Waals surface area contributed by atoms with Gasteiger partial charge in [0.2, 0.25) is 0 Å². The number of hydrogen-bond donors (Lipinski definition) is 3. The van der Waals surface area contributed by atoms with Crippen molar-refractivity contribution in [2.24, 2.45) is 0 Å². The van der Waals surface area contributed by atoms with Gasteiger partial charge >= 0.3 is 12.1 Å². The van der Waals surface area contributed by atoms with Crippen LogP contribution >= 0.6 is 0 Å². The minimum absolute atomic E-state index is 0.188. The fourth-order valence-corrected chi connectivity index (χ4v) is 5.43. The molecule has 0 aliphatic carbocycles. The number of nitrogens with one attached hydrogen (secondary N) is 3. The highest BCUT2D eigenvalue weighted by molar-refractivity contribution is 6.07. The van der Waals surface area contributed by atoms with Gasteiger partial charge in [-0.2, -0.15) is 5.10 Å². The summed E-state index contributed by atoms with van der Waals surface area (Å²) in [7, 11) is 1.52. The summed E-state index contributed by atoms with van der Waals surface area (Å²) in [5, 5.41) is 15.2. The van der Waals surface area contributed by atoms with E-state index in [0.717, 1.165) is 52.5 Å². The number of likely N-dealkylation sites (N-methyl/N-ethyl adjacent to an activating group) is 1. The number of urea groups is 1. The zero-order chi connectivity index (χ0) is 38.3. The number of amides is 4. The van der Waals surface area contributed by atoms with Crippen molar-refractivity contribution in [1.82, 2.24) is 19.7 Å². The minimum Gasteiger partial charge on any atom is -0.488 e. The van der Waals surface area contributed by atoms with Gasteiger partial charge in [-0.05, 0) is 96.3 Å².